The van der Waals surface area contributed by atoms with E-state index in [1.165, 1.54) is 79.8 Å². The van der Waals surface area contributed by atoms with Gasteiger partial charge < -0.3 is 4.40 Å². The van der Waals surface area contributed by atoms with E-state index in [2.05, 4.69) is 179 Å². The lowest BCUT2D eigenvalue weighted by molar-refractivity contribution is 1.02. The van der Waals surface area contributed by atoms with Gasteiger partial charge in [0.15, 0.2) is 0 Å². The monoisotopic (exact) mass is 740 g/mol. The summed E-state index contributed by atoms with van der Waals surface area (Å²) in [7, 11) is 0. The first-order valence-corrected chi connectivity index (χ1v) is 20.2. The first kappa shape index (κ1) is 29.9. The van der Waals surface area contributed by atoms with Gasteiger partial charge in [0.25, 0.3) is 0 Å². The Kier molecular flexibility index (Phi) is 5.62. The van der Waals surface area contributed by atoms with Crippen molar-refractivity contribution < 1.29 is 0 Å². The zero-order valence-electron chi connectivity index (χ0n) is 30.4. The van der Waals surface area contributed by atoms with Crippen LogP contribution in [0.5, 0.6) is 0 Å². The van der Waals surface area contributed by atoms with Crippen LogP contribution in [0.25, 0.3) is 130 Å². The van der Waals surface area contributed by atoms with E-state index in [4.69, 9.17) is 9.97 Å². The van der Waals surface area contributed by atoms with E-state index in [1.54, 1.807) is 0 Å². The van der Waals surface area contributed by atoms with Gasteiger partial charge in [-0.1, -0.05) is 140 Å². The van der Waals surface area contributed by atoms with Crippen LogP contribution in [-0.4, -0.2) is 18.9 Å². The highest BCUT2D eigenvalue weighted by Gasteiger charge is 2.27. The lowest BCUT2D eigenvalue weighted by Gasteiger charge is -2.14. The Morgan fingerprint density at radius 3 is 1.98 bits per heavy atom. The van der Waals surface area contributed by atoms with Crippen molar-refractivity contribution in [1.29, 1.82) is 0 Å². The molecule has 262 valence electrons. The molecule has 14 rings (SSSR count). The molecule has 5 heteroatoms. The Hall–Kier alpha value is -7.34. The van der Waals surface area contributed by atoms with E-state index in [9.17, 15) is 0 Å². The Morgan fingerprint density at radius 2 is 1.09 bits per heavy atom. The number of nitrogens with zero attached hydrogens (tertiary/aromatic N) is 4. The summed E-state index contributed by atoms with van der Waals surface area (Å²) in [6.45, 7) is 0. The highest BCUT2D eigenvalue weighted by molar-refractivity contribution is 7.26. The number of hydrogen-bond acceptors (Lipinski definition) is 3. The van der Waals surface area contributed by atoms with Crippen LogP contribution >= 0.6 is 11.3 Å². The number of thiophene rings is 1. The van der Waals surface area contributed by atoms with Crippen molar-refractivity contribution in [3.05, 3.63) is 170 Å². The third-order valence-electron chi connectivity index (χ3n) is 12.4. The molecule has 0 fully saturated rings. The fraction of sp³-hybridized carbons (Fsp3) is 0. The van der Waals surface area contributed by atoms with E-state index < -0.39 is 0 Å². The Bertz CT molecular complexity index is 4040. The molecule has 0 saturated heterocycles. The van der Waals surface area contributed by atoms with E-state index in [-0.39, 0.29) is 0 Å². The summed E-state index contributed by atoms with van der Waals surface area (Å²) >= 11 is 1.87. The maximum atomic E-state index is 5.61. The largest absolute Gasteiger partial charge is 0.307 e. The first-order valence-electron chi connectivity index (χ1n) is 19.4. The van der Waals surface area contributed by atoms with Crippen LogP contribution in [-0.2, 0) is 0 Å². The summed E-state index contributed by atoms with van der Waals surface area (Å²) in [6.07, 6.45) is 0. The van der Waals surface area contributed by atoms with Crippen LogP contribution in [0.3, 0.4) is 0 Å². The smallest absolute Gasteiger partial charge is 0.235 e. The minimum absolute atomic E-state index is 0.668. The number of rotatable bonds is 2. The Balaban J connectivity index is 1.32. The molecule has 57 heavy (non-hydrogen) atoms. The fourth-order valence-electron chi connectivity index (χ4n) is 10.1. The molecule has 0 saturated carbocycles. The van der Waals surface area contributed by atoms with Crippen molar-refractivity contribution in [3.63, 3.8) is 0 Å². The molecule has 0 spiro atoms. The van der Waals surface area contributed by atoms with Crippen LogP contribution < -0.4 is 0 Å². The van der Waals surface area contributed by atoms with Gasteiger partial charge in [-0.05, 0) is 46.5 Å². The SMILES string of the molecule is c1ccc(-c2nc(-n3c4cc5ccccc5c5c6cccc7c8ccccc8n(c76)c6c7c(cc3c6c54)sc3ccccc37)nc3c2ccc2ccccc23)cc1. The highest BCUT2D eigenvalue weighted by atomic mass is 32.1. The first-order chi connectivity index (χ1) is 28.3. The molecule has 0 aliphatic rings. The molecule has 14 aromatic rings. The summed E-state index contributed by atoms with van der Waals surface area (Å²) in [5, 5.41) is 15.8. The number of fused-ring (bicyclic) bond motifs is 14. The summed E-state index contributed by atoms with van der Waals surface area (Å²) in [5.41, 5.74) is 8.84. The standard InChI is InChI=1S/C52H28N4S/c1-2-14-30(15-3-1)48-38-26-25-29-13-4-7-18-33(29)49(38)54-52(53-48)55-40-27-31-16-5-6-17-32(31)44-37-22-12-21-35-34-19-8-10-23-39(34)56(50(35)37)51-45-36-20-9-11-24-42(36)57-43(45)28-41(55)47(51)46(40)44/h1-28H. The number of aromatic nitrogens is 4. The van der Waals surface area contributed by atoms with E-state index in [0.717, 1.165) is 44.0 Å². The summed E-state index contributed by atoms with van der Waals surface area (Å²) in [6, 6.07) is 62.0. The van der Waals surface area contributed by atoms with Crippen molar-refractivity contribution in [2.75, 3.05) is 0 Å². The summed E-state index contributed by atoms with van der Waals surface area (Å²) in [4.78, 5) is 11.2. The van der Waals surface area contributed by atoms with Crippen LogP contribution in [0.2, 0.25) is 0 Å². The van der Waals surface area contributed by atoms with Crippen LogP contribution in [0.15, 0.2) is 170 Å². The zero-order valence-corrected chi connectivity index (χ0v) is 31.2. The third kappa shape index (κ3) is 3.77. The van der Waals surface area contributed by atoms with Gasteiger partial charge in [-0.2, -0.15) is 0 Å². The molecule has 0 aliphatic heterocycles. The number of hydrogen-bond donors (Lipinski definition) is 0. The normalized spacial score (nSPS) is 12.6. The molecule has 4 nitrogen and oxygen atoms in total. The number of para-hydroxylation sites is 2. The minimum atomic E-state index is 0.668. The number of benzene rings is 9. The average Bonchev–Trinajstić information content (AvgIpc) is 3.89. The summed E-state index contributed by atoms with van der Waals surface area (Å²) in [5.74, 6) is 0.668. The lowest BCUT2D eigenvalue weighted by atomic mass is 9.97. The van der Waals surface area contributed by atoms with Crippen molar-refractivity contribution in [2.24, 2.45) is 0 Å². The molecule has 0 N–H and O–H groups in total. The maximum absolute atomic E-state index is 5.61. The van der Waals surface area contributed by atoms with Gasteiger partial charge in [0.2, 0.25) is 5.95 Å². The van der Waals surface area contributed by atoms with E-state index in [0.29, 0.717) is 5.95 Å². The second kappa shape index (κ2) is 10.7. The van der Waals surface area contributed by atoms with Crippen LogP contribution in [0.4, 0.5) is 0 Å². The van der Waals surface area contributed by atoms with Crippen LogP contribution in [0, 0.1) is 0 Å². The molecular weight excluding hydrogens is 713 g/mol. The maximum Gasteiger partial charge on any atom is 0.235 e. The van der Waals surface area contributed by atoms with Gasteiger partial charge in [-0.25, -0.2) is 9.97 Å². The van der Waals surface area contributed by atoms with Gasteiger partial charge in [0.1, 0.15) is 0 Å². The molecule has 0 aliphatic carbocycles. The van der Waals surface area contributed by atoms with Gasteiger partial charge >= 0.3 is 0 Å². The lowest BCUT2D eigenvalue weighted by Crippen LogP contribution is -2.04. The van der Waals surface area contributed by atoms with Gasteiger partial charge in [0.05, 0.1) is 38.8 Å². The zero-order chi connectivity index (χ0) is 36.9. The molecule has 0 atom stereocenters. The van der Waals surface area contributed by atoms with E-state index >= 15 is 0 Å². The third-order valence-corrected chi connectivity index (χ3v) is 13.5. The molecule has 5 heterocycles. The molecule has 0 amide bonds. The van der Waals surface area contributed by atoms with Crippen molar-refractivity contribution >= 4 is 124 Å². The van der Waals surface area contributed by atoms with Crippen molar-refractivity contribution in [1.82, 2.24) is 18.9 Å². The van der Waals surface area contributed by atoms with Crippen LogP contribution in [0.1, 0.15) is 0 Å². The predicted molar refractivity (Wildman–Crippen MR) is 242 cm³/mol. The molecular formula is C52H28N4S. The Labute approximate surface area is 328 Å². The average molecular weight is 741 g/mol. The second-order valence-electron chi connectivity index (χ2n) is 15.3. The molecule has 0 unspecified atom stereocenters. The highest BCUT2D eigenvalue weighted by Crippen LogP contribution is 2.50. The van der Waals surface area contributed by atoms with Gasteiger partial charge in [-0.3, -0.25) is 4.57 Å². The quantitative estimate of drug-likeness (QED) is 0.165. The molecule has 5 aromatic heterocycles. The molecule has 0 radical (unpaired) electrons. The fourth-order valence-corrected chi connectivity index (χ4v) is 11.2. The van der Waals surface area contributed by atoms with E-state index in [1.807, 2.05) is 11.3 Å². The Morgan fingerprint density at radius 1 is 0.386 bits per heavy atom. The molecule has 9 aromatic carbocycles. The molecule has 0 bridgehead atoms. The summed E-state index contributed by atoms with van der Waals surface area (Å²) < 4.78 is 7.49. The second-order valence-corrected chi connectivity index (χ2v) is 16.4. The minimum Gasteiger partial charge on any atom is -0.307 e. The van der Waals surface area contributed by atoms with Crippen molar-refractivity contribution in [2.45, 2.75) is 0 Å². The van der Waals surface area contributed by atoms with Gasteiger partial charge in [0, 0.05) is 68.8 Å². The van der Waals surface area contributed by atoms with Gasteiger partial charge in [-0.15, -0.1) is 11.3 Å². The predicted octanol–water partition coefficient (Wildman–Crippen LogP) is 14.2. The van der Waals surface area contributed by atoms with Crippen molar-refractivity contribution in [3.8, 4) is 17.2 Å². The topological polar surface area (TPSA) is 35.1 Å².